The number of aromatic nitrogens is 2. The molecule has 0 radical (unpaired) electrons. The Kier molecular flexibility index (Phi) is 5.38. The summed E-state index contributed by atoms with van der Waals surface area (Å²) in [6.07, 6.45) is 9.30. The summed E-state index contributed by atoms with van der Waals surface area (Å²) >= 11 is 0. The molecule has 1 N–H and O–H groups in total. The number of carbonyl (C=O) groups excluding carboxylic acids is 1. The van der Waals surface area contributed by atoms with E-state index in [1.165, 1.54) is 0 Å². The molecule has 1 unspecified atom stereocenters. The van der Waals surface area contributed by atoms with Crippen molar-refractivity contribution in [2.24, 2.45) is 5.92 Å². The molecule has 3 aliphatic rings. The van der Waals surface area contributed by atoms with Crippen LogP contribution in [0.3, 0.4) is 0 Å². The molecule has 0 saturated carbocycles. The van der Waals surface area contributed by atoms with Gasteiger partial charge in [-0.1, -0.05) is 6.42 Å². The summed E-state index contributed by atoms with van der Waals surface area (Å²) in [5, 5.41) is 7.79. The zero-order chi connectivity index (χ0) is 17.9. The number of aryl methyl sites for hydroxylation is 2. The van der Waals surface area contributed by atoms with Crippen molar-refractivity contribution in [2.75, 3.05) is 19.6 Å². The third-order valence-electron chi connectivity index (χ3n) is 6.21. The molecule has 3 heterocycles. The summed E-state index contributed by atoms with van der Waals surface area (Å²) in [5.74, 6) is 0.740. The SMILES string of the molecule is O=C1CCCCC(CN2CCC(Cn3nc4c(cc3=O)CCC4)CC2)N1. The van der Waals surface area contributed by atoms with E-state index in [4.69, 9.17) is 0 Å². The molecule has 0 spiro atoms. The lowest BCUT2D eigenvalue weighted by molar-refractivity contribution is -0.121. The Morgan fingerprint density at radius 2 is 1.85 bits per heavy atom. The van der Waals surface area contributed by atoms with Crippen molar-refractivity contribution in [3.63, 3.8) is 0 Å². The number of likely N-dealkylation sites (tertiary alicyclic amines) is 1. The van der Waals surface area contributed by atoms with E-state index >= 15 is 0 Å². The number of nitrogens with zero attached hydrogens (tertiary/aromatic N) is 3. The van der Waals surface area contributed by atoms with Crippen molar-refractivity contribution in [1.29, 1.82) is 0 Å². The van der Waals surface area contributed by atoms with Crippen LogP contribution in [0.25, 0.3) is 0 Å². The van der Waals surface area contributed by atoms with Crippen molar-refractivity contribution in [3.8, 4) is 0 Å². The Morgan fingerprint density at radius 3 is 2.69 bits per heavy atom. The van der Waals surface area contributed by atoms with Gasteiger partial charge in [-0.15, -0.1) is 0 Å². The third-order valence-corrected chi connectivity index (χ3v) is 6.21. The van der Waals surface area contributed by atoms with Gasteiger partial charge in [0, 0.05) is 31.6 Å². The number of nitrogens with one attached hydrogen (secondary N) is 1. The number of carbonyl (C=O) groups is 1. The Balaban J connectivity index is 1.29. The molecule has 1 aromatic heterocycles. The first-order valence-electron chi connectivity index (χ1n) is 10.3. The number of rotatable bonds is 4. The van der Waals surface area contributed by atoms with E-state index in [0.717, 1.165) is 88.8 Å². The van der Waals surface area contributed by atoms with Crippen LogP contribution in [-0.2, 0) is 24.2 Å². The minimum absolute atomic E-state index is 0.0641. The van der Waals surface area contributed by atoms with Crippen LogP contribution in [-0.4, -0.2) is 46.3 Å². The topological polar surface area (TPSA) is 67.2 Å². The second-order valence-corrected chi connectivity index (χ2v) is 8.24. The molecule has 0 bridgehead atoms. The molecule has 1 aromatic rings. The molecule has 0 aromatic carbocycles. The highest BCUT2D eigenvalue weighted by Gasteiger charge is 2.25. The maximum absolute atomic E-state index is 12.3. The summed E-state index contributed by atoms with van der Waals surface area (Å²) in [4.78, 5) is 26.5. The molecule has 2 saturated heterocycles. The van der Waals surface area contributed by atoms with Crippen LogP contribution in [0.4, 0.5) is 0 Å². The van der Waals surface area contributed by atoms with Gasteiger partial charge in [-0.05, 0) is 69.5 Å². The molecule has 26 heavy (non-hydrogen) atoms. The fourth-order valence-electron chi connectivity index (χ4n) is 4.66. The highest BCUT2D eigenvalue weighted by Crippen LogP contribution is 2.21. The molecule has 4 rings (SSSR count). The van der Waals surface area contributed by atoms with Crippen LogP contribution < -0.4 is 10.9 Å². The summed E-state index contributed by atoms with van der Waals surface area (Å²) < 4.78 is 1.70. The zero-order valence-electron chi connectivity index (χ0n) is 15.6. The maximum atomic E-state index is 12.3. The quantitative estimate of drug-likeness (QED) is 0.886. The van der Waals surface area contributed by atoms with Crippen LogP contribution in [0.5, 0.6) is 0 Å². The van der Waals surface area contributed by atoms with E-state index < -0.39 is 0 Å². The first kappa shape index (κ1) is 17.7. The van der Waals surface area contributed by atoms with Gasteiger partial charge in [-0.3, -0.25) is 9.59 Å². The summed E-state index contributed by atoms with van der Waals surface area (Å²) in [6, 6.07) is 2.11. The molecule has 2 aliphatic heterocycles. The fraction of sp³-hybridized carbons (Fsp3) is 0.750. The van der Waals surface area contributed by atoms with Gasteiger partial charge >= 0.3 is 0 Å². The Hall–Kier alpha value is -1.69. The number of hydrogen-bond acceptors (Lipinski definition) is 4. The Bertz CT molecular complexity index is 706. The highest BCUT2D eigenvalue weighted by atomic mass is 16.1. The third kappa shape index (κ3) is 4.17. The summed E-state index contributed by atoms with van der Waals surface area (Å²) in [5.41, 5.74) is 2.35. The van der Waals surface area contributed by atoms with Gasteiger partial charge in [0.15, 0.2) is 0 Å². The minimum Gasteiger partial charge on any atom is -0.352 e. The van der Waals surface area contributed by atoms with Gasteiger partial charge in [-0.25, -0.2) is 4.68 Å². The van der Waals surface area contributed by atoms with Crippen LogP contribution in [0, 0.1) is 5.92 Å². The molecule has 1 amide bonds. The molecule has 1 atom stereocenters. The van der Waals surface area contributed by atoms with Gasteiger partial charge in [0.25, 0.3) is 5.56 Å². The molecule has 1 aliphatic carbocycles. The van der Waals surface area contributed by atoms with E-state index in [2.05, 4.69) is 15.3 Å². The van der Waals surface area contributed by atoms with Crippen LogP contribution >= 0.6 is 0 Å². The number of amides is 1. The Labute approximate surface area is 155 Å². The van der Waals surface area contributed by atoms with Gasteiger partial charge < -0.3 is 10.2 Å². The molecule has 6 nitrogen and oxygen atoms in total. The summed E-state index contributed by atoms with van der Waals surface area (Å²) in [6.45, 7) is 3.82. The average molecular weight is 358 g/mol. The highest BCUT2D eigenvalue weighted by molar-refractivity contribution is 5.76. The van der Waals surface area contributed by atoms with E-state index in [1.54, 1.807) is 10.7 Å². The first-order chi connectivity index (χ1) is 12.7. The van der Waals surface area contributed by atoms with Crippen LogP contribution in [0.2, 0.25) is 0 Å². The van der Waals surface area contributed by atoms with Crippen molar-refractivity contribution in [2.45, 2.75) is 70.4 Å². The maximum Gasteiger partial charge on any atom is 0.267 e. The smallest absolute Gasteiger partial charge is 0.267 e. The number of hydrogen-bond donors (Lipinski definition) is 1. The zero-order valence-corrected chi connectivity index (χ0v) is 15.6. The average Bonchev–Trinajstić information content (AvgIpc) is 2.97. The molecule has 6 heteroatoms. The van der Waals surface area contributed by atoms with Gasteiger partial charge in [-0.2, -0.15) is 5.10 Å². The van der Waals surface area contributed by atoms with Crippen molar-refractivity contribution in [1.82, 2.24) is 20.0 Å². The normalized spacial score (nSPS) is 24.9. The lowest BCUT2D eigenvalue weighted by Crippen LogP contribution is -2.46. The van der Waals surface area contributed by atoms with E-state index in [9.17, 15) is 9.59 Å². The van der Waals surface area contributed by atoms with Crippen molar-refractivity contribution >= 4 is 5.91 Å². The largest absolute Gasteiger partial charge is 0.352 e. The second kappa shape index (κ2) is 7.91. The first-order valence-corrected chi connectivity index (χ1v) is 10.3. The lowest BCUT2D eigenvalue weighted by Gasteiger charge is -2.34. The predicted molar refractivity (Wildman–Crippen MR) is 100 cm³/mol. The van der Waals surface area contributed by atoms with Crippen LogP contribution in [0.1, 0.15) is 56.2 Å². The van der Waals surface area contributed by atoms with Gasteiger partial charge in [0.2, 0.25) is 5.91 Å². The molecule has 142 valence electrons. The molecule has 2 fully saturated rings. The molecular formula is C20H30N4O2. The van der Waals surface area contributed by atoms with Crippen molar-refractivity contribution in [3.05, 3.63) is 27.7 Å². The Morgan fingerprint density at radius 1 is 1.00 bits per heavy atom. The van der Waals surface area contributed by atoms with E-state index in [1.807, 2.05) is 0 Å². The van der Waals surface area contributed by atoms with Crippen LogP contribution in [0.15, 0.2) is 10.9 Å². The standard InChI is InChI=1S/C20H30N4O2/c25-19-7-2-1-5-17(21-19)14-23-10-8-15(9-11-23)13-24-20(26)12-16-4-3-6-18(16)22-24/h12,15,17H,1-11,13-14H2,(H,21,25). The minimum atomic E-state index is 0.0641. The fourth-order valence-corrected chi connectivity index (χ4v) is 4.66. The van der Waals surface area contributed by atoms with E-state index in [0.29, 0.717) is 18.4 Å². The lowest BCUT2D eigenvalue weighted by atomic mass is 9.96. The summed E-state index contributed by atoms with van der Waals surface area (Å²) in [7, 11) is 0. The van der Waals surface area contributed by atoms with E-state index in [-0.39, 0.29) is 11.5 Å². The van der Waals surface area contributed by atoms with Gasteiger partial charge in [0.1, 0.15) is 0 Å². The van der Waals surface area contributed by atoms with Crippen molar-refractivity contribution < 1.29 is 4.79 Å². The number of fused-ring (bicyclic) bond motifs is 1. The monoisotopic (exact) mass is 358 g/mol. The predicted octanol–water partition coefficient (Wildman–Crippen LogP) is 1.50. The van der Waals surface area contributed by atoms with Gasteiger partial charge in [0.05, 0.1) is 5.69 Å². The second-order valence-electron chi connectivity index (χ2n) is 8.24. The number of piperidine rings is 1. The molecular weight excluding hydrogens is 328 g/mol.